The Kier molecular flexibility index (Phi) is 3.62. The highest BCUT2D eigenvalue weighted by Gasteiger charge is 2.11. The number of hydrogen-bond acceptors (Lipinski definition) is 3. The second-order valence-corrected chi connectivity index (χ2v) is 4.29. The minimum Gasteiger partial charge on any atom is -0.508 e. The minimum atomic E-state index is -0.406. The van der Waals surface area contributed by atoms with Gasteiger partial charge in [-0.25, -0.2) is 4.39 Å². The average Bonchev–Trinajstić information content (AvgIpc) is 2.72. The minimum absolute atomic E-state index is 0.0619. The highest BCUT2D eigenvalue weighted by atomic mass is 19.1. The Morgan fingerprint density at radius 3 is 2.83 bits per heavy atom. The lowest BCUT2D eigenvalue weighted by atomic mass is 10.1. The van der Waals surface area contributed by atoms with E-state index >= 15 is 0 Å². The molecule has 18 heavy (non-hydrogen) atoms. The van der Waals surface area contributed by atoms with E-state index in [4.69, 9.17) is 5.11 Å². The van der Waals surface area contributed by atoms with E-state index in [2.05, 4.69) is 10.4 Å². The zero-order valence-electron chi connectivity index (χ0n) is 10.4. The molecule has 0 aliphatic heterocycles. The SMILES string of the molecule is CC(NCc1ccn(C)n1)c1ccc(O)cc1F. The fourth-order valence-electron chi connectivity index (χ4n) is 1.79. The second kappa shape index (κ2) is 5.18. The van der Waals surface area contributed by atoms with Gasteiger partial charge in [0.1, 0.15) is 11.6 Å². The molecule has 1 unspecified atom stereocenters. The van der Waals surface area contributed by atoms with Crippen molar-refractivity contribution in [1.82, 2.24) is 15.1 Å². The molecular weight excluding hydrogens is 233 g/mol. The van der Waals surface area contributed by atoms with Crippen molar-refractivity contribution in [1.29, 1.82) is 0 Å². The van der Waals surface area contributed by atoms with Gasteiger partial charge in [0.25, 0.3) is 0 Å². The van der Waals surface area contributed by atoms with Gasteiger partial charge < -0.3 is 10.4 Å². The zero-order chi connectivity index (χ0) is 13.1. The molecule has 2 rings (SSSR count). The average molecular weight is 249 g/mol. The molecule has 0 aliphatic rings. The Balaban J connectivity index is 2.01. The maximum atomic E-state index is 13.6. The van der Waals surface area contributed by atoms with E-state index in [0.29, 0.717) is 12.1 Å². The Labute approximate surface area is 105 Å². The molecule has 2 N–H and O–H groups in total. The normalized spacial score (nSPS) is 12.6. The summed E-state index contributed by atoms with van der Waals surface area (Å²) in [5.41, 5.74) is 1.44. The molecule has 0 saturated heterocycles. The van der Waals surface area contributed by atoms with Gasteiger partial charge in [0.05, 0.1) is 5.69 Å². The van der Waals surface area contributed by atoms with Crippen molar-refractivity contribution < 1.29 is 9.50 Å². The van der Waals surface area contributed by atoms with Crippen LogP contribution >= 0.6 is 0 Å². The summed E-state index contributed by atoms with van der Waals surface area (Å²) in [6, 6.07) is 5.95. The van der Waals surface area contributed by atoms with Gasteiger partial charge in [-0.3, -0.25) is 4.68 Å². The van der Waals surface area contributed by atoms with Crippen molar-refractivity contribution in [3.63, 3.8) is 0 Å². The molecule has 0 aliphatic carbocycles. The molecular formula is C13H16FN3O. The molecule has 1 aromatic heterocycles. The Morgan fingerprint density at radius 1 is 1.44 bits per heavy atom. The highest BCUT2D eigenvalue weighted by Crippen LogP contribution is 2.21. The molecule has 0 amide bonds. The van der Waals surface area contributed by atoms with Gasteiger partial charge in [-0.1, -0.05) is 6.07 Å². The number of benzene rings is 1. The molecule has 0 radical (unpaired) electrons. The first-order valence-corrected chi connectivity index (χ1v) is 5.76. The van der Waals surface area contributed by atoms with Crippen LogP contribution in [0.1, 0.15) is 24.2 Å². The standard InChI is InChI=1S/C13H16FN3O/c1-9(12-4-3-11(18)7-13(12)14)15-8-10-5-6-17(2)16-10/h3-7,9,15,18H,8H2,1-2H3. The number of aryl methyl sites for hydroxylation is 1. The van der Waals surface area contributed by atoms with Gasteiger partial charge in [-0.05, 0) is 19.1 Å². The van der Waals surface area contributed by atoms with Gasteiger partial charge >= 0.3 is 0 Å². The molecule has 1 aromatic carbocycles. The molecule has 0 spiro atoms. The van der Waals surface area contributed by atoms with Crippen LogP contribution in [0.4, 0.5) is 4.39 Å². The summed E-state index contributed by atoms with van der Waals surface area (Å²) >= 11 is 0. The van der Waals surface area contributed by atoms with E-state index in [1.807, 2.05) is 26.2 Å². The summed E-state index contributed by atoms with van der Waals surface area (Å²) in [6.07, 6.45) is 1.86. The van der Waals surface area contributed by atoms with Crippen LogP contribution in [0, 0.1) is 5.82 Å². The van der Waals surface area contributed by atoms with Crippen LogP contribution in [-0.4, -0.2) is 14.9 Å². The van der Waals surface area contributed by atoms with Gasteiger partial charge in [0.2, 0.25) is 0 Å². The number of nitrogens with one attached hydrogen (secondary N) is 1. The smallest absolute Gasteiger partial charge is 0.131 e. The molecule has 1 heterocycles. The van der Waals surface area contributed by atoms with Gasteiger partial charge in [-0.2, -0.15) is 5.10 Å². The number of phenolic OH excluding ortho intramolecular Hbond substituents is 1. The third-order valence-corrected chi connectivity index (χ3v) is 2.81. The van der Waals surface area contributed by atoms with Crippen LogP contribution in [0.15, 0.2) is 30.5 Å². The highest BCUT2D eigenvalue weighted by molar-refractivity contribution is 5.29. The van der Waals surface area contributed by atoms with E-state index < -0.39 is 5.82 Å². The van der Waals surface area contributed by atoms with Crippen LogP contribution in [0.3, 0.4) is 0 Å². The van der Waals surface area contributed by atoms with Crippen LogP contribution in [0.2, 0.25) is 0 Å². The van der Waals surface area contributed by atoms with Crippen molar-refractivity contribution >= 4 is 0 Å². The van der Waals surface area contributed by atoms with Crippen LogP contribution in [0.25, 0.3) is 0 Å². The lowest BCUT2D eigenvalue weighted by molar-refractivity contribution is 0.463. The predicted octanol–water partition coefficient (Wildman–Crippen LogP) is 2.12. The van der Waals surface area contributed by atoms with E-state index in [1.54, 1.807) is 10.7 Å². The van der Waals surface area contributed by atoms with Crippen LogP contribution < -0.4 is 5.32 Å². The molecule has 1 atom stereocenters. The molecule has 0 saturated carbocycles. The second-order valence-electron chi connectivity index (χ2n) is 4.29. The van der Waals surface area contributed by atoms with Crippen molar-refractivity contribution in [2.75, 3.05) is 0 Å². The Hall–Kier alpha value is -1.88. The summed E-state index contributed by atoms with van der Waals surface area (Å²) in [5, 5.41) is 16.6. The molecule has 0 bridgehead atoms. The van der Waals surface area contributed by atoms with Gasteiger partial charge in [0, 0.05) is 37.5 Å². The first-order valence-electron chi connectivity index (χ1n) is 5.76. The number of rotatable bonds is 4. The molecule has 5 heteroatoms. The summed E-state index contributed by atoms with van der Waals surface area (Å²) in [4.78, 5) is 0. The topological polar surface area (TPSA) is 50.1 Å². The van der Waals surface area contributed by atoms with Gasteiger partial charge in [0.15, 0.2) is 0 Å². The number of aromatic hydroxyl groups is 1. The van der Waals surface area contributed by atoms with Crippen molar-refractivity contribution in [3.8, 4) is 5.75 Å². The largest absolute Gasteiger partial charge is 0.508 e. The number of nitrogens with zero attached hydrogens (tertiary/aromatic N) is 2. The van der Waals surface area contributed by atoms with Crippen molar-refractivity contribution in [3.05, 3.63) is 47.5 Å². The predicted molar refractivity (Wildman–Crippen MR) is 66.5 cm³/mol. The van der Waals surface area contributed by atoms with E-state index in [1.165, 1.54) is 6.07 Å². The number of halogens is 1. The fraction of sp³-hybridized carbons (Fsp3) is 0.308. The zero-order valence-corrected chi connectivity index (χ0v) is 10.4. The third-order valence-electron chi connectivity index (χ3n) is 2.81. The number of aromatic nitrogens is 2. The molecule has 0 fully saturated rings. The van der Waals surface area contributed by atoms with E-state index in [0.717, 1.165) is 11.8 Å². The Morgan fingerprint density at radius 2 is 2.22 bits per heavy atom. The monoisotopic (exact) mass is 249 g/mol. The third kappa shape index (κ3) is 2.87. The van der Waals surface area contributed by atoms with E-state index in [9.17, 15) is 4.39 Å². The molecule has 4 nitrogen and oxygen atoms in total. The van der Waals surface area contributed by atoms with Crippen molar-refractivity contribution in [2.24, 2.45) is 7.05 Å². The Bertz CT molecular complexity index is 539. The lowest BCUT2D eigenvalue weighted by Crippen LogP contribution is -2.19. The number of hydrogen-bond donors (Lipinski definition) is 2. The first kappa shape index (κ1) is 12.6. The van der Waals surface area contributed by atoms with Gasteiger partial charge in [-0.15, -0.1) is 0 Å². The first-order chi connectivity index (χ1) is 8.56. The van der Waals surface area contributed by atoms with Crippen LogP contribution in [-0.2, 0) is 13.6 Å². The quantitative estimate of drug-likeness (QED) is 0.872. The summed E-state index contributed by atoms with van der Waals surface area (Å²) in [6.45, 7) is 2.45. The molecule has 2 aromatic rings. The maximum Gasteiger partial charge on any atom is 0.131 e. The summed E-state index contributed by atoms with van der Waals surface area (Å²) < 4.78 is 15.3. The lowest BCUT2D eigenvalue weighted by Gasteiger charge is -2.14. The maximum absolute atomic E-state index is 13.6. The van der Waals surface area contributed by atoms with Crippen LogP contribution in [0.5, 0.6) is 5.75 Å². The number of phenols is 1. The van der Waals surface area contributed by atoms with Crippen molar-refractivity contribution in [2.45, 2.75) is 19.5 Å². The van der Waals surface area contributed by atoms with E-state index in [-0.39, 0.29) is 11.8 Å². The molecule has 96 valence electrons. The summed E-state index contributed by atoms with van der Waals surface area (Å²) in [7, 11) is 1.85. The summed E-state index contributed by atoms with van der Waals surface area (Å²) in [5.74, 6) is -0.468. The fourth-order valence-corrected chi connectivity index (χ4v) is 1.79.